The molecule has 1 aliphatic carbocycles. The largest absolute Gasteiger partial charge is 0.325 e. The van der Waals surface area contributed by atoms with Crippen LogP contribution in [-0.2, 0) is 18.4 Å². The van der Waals surface area contributed by atoms with E-state index in [9.17, 15) is 0 Å². The third-order valence-electron chi connectivity index (χ3n) is 7.27. The Hall–Kier alpha value is -0.820. The number of hydrogen-bond donors (Lipinski definition) is 2. The summed E-state index contributed by atoms with van der Waals surface area (Å²) in [6.07, 6.45) is 6.26. The number of rotatable bonds is 4. The molecule has 1 aromatic heterocycles. The molecule has 2 N–H and O–H groups in total. The van der Waals surface area contributed by atoms with Crippen molar-refractivity contribution in [1.82, 2.24) is 20.6 Å². The van der Waals surface area contributed by atoms with E-state index in [2.05, 4.69) is 53.4 Å². The highest BCUT2D eigenvalue weighted by Crippen LogP contribution is 2.53. The van der Waals surface area contributed by atoms with Gasteiger partial charge in [0.2, 0.25) is 0 Å². The maximum absolute atomic E-state index is 6.80. The van der Waals surface area contributed by atoms with Crippen LogP contribution >= 0.6 is 48.8 Å². The van der Waals surface area contributed by atoms with Gasteiger partial charge in [-0.15, -0.1) is 37.2 Å². The Morgan fingerprint density at radius 1 is 1.18 bits per heavy atom. The van der Waals surface area contributed by atoms with E-state index in [1.807, 2.05) is 0 Å². The normalized spacial score (nSPS) is 20.0. The molecule has 3 heterocycles. The molecule has 0 saturated carbocycles. The number of anilines is 2. The first-order chi connectivity index (χ1) is 14.5. The predicted molar refractivity (Wildman–Crippen MR) is 145 cm³/mol. The van der Waals surface area contributed by atoms with Crippen LogP contribution in [0.1, 0.15) is 68.3 Å². The molecule has 1 aromatic carbocycles. The molecular formula is C24H35Cl4N5. The van der Waals surface area contributed by atoms with E-state index >= 15 is 0 Å². The van der Waals surface area contributed by atoms with Crippen LogP contribution < -0.4 is 15.5 Å². The molecule has 0 radical (unpaired) electrons. The zero-order valence-electron chi connectivity index (χ0n) is 19.5. The molecular weight excluding hydrogens is 500 g/mol. The Morgan fingerprint density at radius 3 is 2.61 bits per heavy atom. The second kappa shape index (κ2) is 11.3. The fourth-order valence-corrected chi connectivity index (χ4v) is 5.94. The first-order valence-corrected chi connectivity index (χ1v) is 11.8. The van der Waals surface area contributed by atoms with E-state index in [0.29, 0.717) is 12.0 Å². The van der Waals surface area contributed by atoms with E-state index in [0.717, 1.165) is 56.3 Å². The van der Waals surface area contributed by atoms with Gasteiger partial charge >= 0.3 is 0 Å². The molecule has 1 fully saturated rings. The van der Waals surface area contributed by atoms with Crippen LogP contribution in [0.15, 0.2) is 18.5 Å². The summed E-state index contributed by atoms with van der Waals surface area (Å²) in [5.74, 6) is 1.63. The molecule has 3 aliphatic rings. The van der Waals surface area contributed by atoms with Crippen molar-refractivity contribution in [2.75, 3.05) is 24.5 Å². The van der Waals surface area contributed by atoms with E-state index in [1.165, 1.54) is 34.5 Å². The summed E-state index contributed by atoms with van der Waals surface area (Å²) >= 11 is 6.80. The fraction of sp³-hybridized carbons (Fsp3) is 0.583. The van der Waals surface area contributed by atoms with Crippen molar-refractivity contribution in [3.8, 4) is 0 Å². The Balaban J connectivity index is 0.00000128. The summed E-state index contributed by atoms with van der Waals surface area (Å²) in [5.41, 5.74) is 6.72. The van der Waals surface area contributed by atoms with Crippen LogP contribution in [0.5, 0.6) is 0 Å². The Morgan fingerprint density at radius 2 is 1.91 bits per heavy atom. The zero-order chi connectivity index (χ0) is 20.9. The molecule has 0 unspecified atom stereocenters. The van der Waals surface area contributed by atoms with Gasteiger partial charge in [0.15, 0.2) is 0 Å². The van der Waals surface area contributed by atoms with Gasteiger partial charge in [0.1, 0.15) is 12.1 Å². The SMILES string of the molecule is CC(C)NCc1c(Cl)ccc2c1C1(CCNCC1)CN2c1ncnc2c1[C@H](C)CC2.Cl.Cl.Cl. The topological polar surface area (TPSA) is 53.1 Å². The molecule has 1 saturated heterocycles. The van der Waals surface area contributed by atoms with Crippen LogP contribution in [-0.4, -0.2) is 35.6 Å². The molecule has 1 spiro atoms. The molecule has 184 valence electrons. The van der Waals surface area contributed by atoms with Crippen molar-refractivity contribution in [3.63, 3.8) is 0 Å². The molecule has 1 atom stereocenters. The average Bonchev–Trinajstić information content (AvgIpc) is 3.27. The lowest BCUT2D eigenvalue weighted by Gasteiger charge is -2.36. The van der Waals surface area contributed by atoms with E-state index in [4.69, 9.17) is 16.6 Å². The van der Waals surface area contributed by atoms with Gasteiger partial charge in [-0.1, -0.05) is 32.4 Å². The number of nitrogens with zero attached hydrogens (tertiary/aromatic N) is 3. The summed E-state index contributed by atoms with van der Waals surface area (Å²) in [7, 11) is 0. The third kappa shape index (κ3) is 4.96. The lowest BCUT2D eigenvalue weighted by Crippen LogP contribution is -2.43. The number of aromatic nitrogens is 2. The number of fused-ring (bicyclic) bond motifs is 3. The van der Waals surface area contributed by atoms with Gasteiger partial charge in [-0.3, -0.25) is 0 Å². The second-order valence-electron chi connectivity index (χ2n) is 9.57. The van der Waals surface area contributed by atoms with Crippen molar-refractivity contribution >= 4 is 60.3 Å². The molecule has 9 heteroatoms. The first kappa shape index (κ1) is 28.4. The van der Waals surface area contributed by atoms with Gasteiger partial charge in [-0.25, -0.2) is 9.97 Å². The second-order valence-corrected chi connectivity index (χ2v) is 9.98. The van der Waals surface area contributed by atoms with Crippen molar-refractivity contribution < 1.29 is 0 Å². The molecule has 0 bridgehead atoms. The minimum absolute atomic E-state index is 0. The smallest absolute Gasteiger partial charge is 0.140 e. The van der Waals surface area contributed by atoms with Gasteiger partial charge in [-0.05, 0) is 68.0 Å². The highest BCUT2D eigenvalue weighted by molar-refractivity contribution is 6.31. The maximum Gasteiger partial charge on any atom is 0.140 e. The minimum atomic E-state index is 0. The Kier molecular flexibility index (Phi) is 9.71. The van der Waals surface area contributed by atoms with Gasteiger partial charge in [0, 0.05) is 46.5 Å². The third-order valence-corrected chi connectivity index (χ3v) is 7.63. The number of piperidine rings is 1. The lowest BCUT2D eigenvalue weighted by atomic mass is 9.73. The number of halogens is 4. The van der Waals surface area contributed by atoms with Crippen molar-refractivity contribution in [3.05, 3.63) is 45.9 Å². The Bertz CT molecular complexity index is 962. The molecule has 5 rings (SSSR count). The fourth-order valence-electron chi connectivity index (χ4n) is 5.71. The predicted octanol–water partition coefficient (Wildman–Crippen LogP) is 5.72. The van der Waals surface area contributed by atoms with Crippen molar-refractivity contribution in [2.45, 2.75) is 70.4 Å². The van der Waals surface area contributed by atoms with E-state index < -0.39 is 0 Å². The molecule has 0 amide bonds. The van der Waals surface area contributed by atoms with Crippen LogP contribution in [0, 0.1) is 0 Å². The lowest BCUT2D eigenvalue weighted by molar-refractivity contribution is 0.326. The summed E-state index contributed by atoms with van der Waals surface area (Å²) in [4.78, 5) is 11.9. The zero-order valence-corrected chi connectivity index (χ0v) is 22.7. The molecule has 2 aliphatic heterocycles. The highest BCUT2D eigenvalue weighted by Gasteiger charge is 2.47. The van der Waals surface area contributed by atoms with Crippen LogP contribution in [0.25, 0.3) is 0 Å². The number of aryl methyl sites for hydroxylation is 1. The van der Waals surface area contributed by atoms with Crippen LogP contribution in [0.4, 0.5) is 11.5 Å². The van der Waals surface area contributed by atoms with Gasteiger partial charge < -0.3 is 15.5 Å². The molecule has 2 aromatic rings. The van der Waals surface area contributed by atoms with Crippen molar-refractivity contribution in [2.24, 2.45) is 0 Å². The quantitative estimate of drug-likeness (QED) is 0.525. The number of hydrogen-bond acceptors (Lipinski definition) is 5. The van der Waals surface area contributed by atoms with Crippen molar-refractivity contribution in [1.29, 1.82) is 0 Å². The van der Waals surface area contributed by atoms with E-state index in [1.54, 1.807) is 6.33 Å². The summed E-state index contributed by atoms with van der Waals surface area (Å²) in [5, 5.41) is 8.05. The molecule has 33 heavy (non-hydrogen) atoms. The van der Waals surface area contributed by atoms with Crippen LogP contribution in [0.3, 0.4) is 0 Å². The summed E-state index contributed by atoms with van der Waals surface area (Å²) in [6, 6.07) is 4.72. The number of nitrogens with one attached hydrogen (secondary N) is 2. The maximum atomic E-state index is 6.80. The highest BCUT2D eigenvalue weighted by atomic mass is 35.5. The minimum Gasteiger partial charge on any atom is -0.325 e. The average molecular weight is 535 g/mol. The molecule has 5 nitrogen and oxygen atoms in total. The standard InChI is InChI=1S/C24H32ClN5.3ClH/c1-15(2)27-12-17-18(25)5-7-20-22(17)24(8-10-26-11-9-24)13-30(20)23-21-16(3)4-6-19(21)28-14-29-23;;;/h5,7,14-16,26-27H,4,6,8-13H2,1-3H3;3*1H/t16-;;;/m1.../s1. The first-order valence-electron chi connectivity index (χ1n) is 11.4. The van der Waals surface area contributed by atoms with Gasteiger partial charge in [-0.2, -0.15) is 0 Å². The number of benzene rings is 1. The van der Waals surface area contributed by atoms with Gasteiger partial charge in [0.25, 0.3) is 0 Å². The summed E-state index contributed by atoms with van der Waals surface area (Å²) in [6.45, 7) is 10.6. The van der Waals surface area contributed by atoms with Crippen LogP contribution in [0.2, 0.25) is 5.02 Å². The van der Waals surface area contributed by atoms with E-state index in [-0.39, 0.29) is 42.6 Å². The summed E-state index contributed by atoms with van der Waals surface area (Å²) < 4.78 is 0. The Labute approximate surface area is 221 Å². The monoisotopic (exact) mass is 533 g/mol. The van der Waals surface area contributed by atoms with Gasteiger partial charge in [0.05, 0.1) is 0 Å².